The summed E-state index contributed by atoms with van der Waals surface area (Å²) in [5.74, 6) is 1.46. The number of amides is 1. The van der Waals surface area contributed by atoms with Crippen LogP contribution in [0.25, 0.3) is 0 Å². The minimum atomic E-state index is -0.0724. The number of hydrogen-bond donors (Lipinski definition) is 2. The number of para-hydroxylation sites is 1. The van der Waals surface area contributed by atoms with Crippen molar-refractivity contribution < 1.29 is 9.53 Å². The molecule has 1 aliphatic rings. The van der Waals surface area contributed by atoms with Crippen molar-refractivity contribution in [1.82, 2.24) is 5.32 Å². The molecule has 1 aliphatic heterocycles. The van der Waals surface area contributed by atoms with Gasteiger partial charge in [0.1, 0.15) is 12.4 Å². The number of fused-ring (bicyclic) bond motifs is 1. The first-order valence-electron chi connectivity index (χ1n) is 7.39. The lowest BCUT2D eigenvalue weighted by molar-refractivity contribution is -0.126. The topological polar surface area (TPSA) is 64.3 Å². The molecule has 2 unspecified atom stereocenters. The molecule has 0 saturated carbocycles. The molecule has 0 aliphatic carbocycles. The molecule has 4 heteroatoms. The summed E-state index contributed by atoms with van der Waals surface area (Å²) in [4.78, 5) is 12.1. The highest BCUT2D eigenvalue weighted by Crippen LogP contribution is 2.26. The van der Waals surface area contributed by atoms with E-state index < -0.39 is 0 Å². The van der Waals surface area contributed by atoms with E-state index in [0.29, 0.717) is 19.1 Å². The Hall–Kier alpha value is -1.55. The van der Waals surface area contributed by atoms with Crippen molar-refractivity contribution >= 4 is 5.91 Å². The predicted molar refractivity (Wildman–Crippen MR) is 79.6 cm³/mol. The van der Waals surface area contributed by atoms with Gasteiger partial charge in [-0.05, 0) is 43.4 Å². The first kappa shape index (κ1) is 14.9. The van der Waals surface area contributed by atoms with Crippen LogP contribution in [0.1, 0.15) is 25.3 Å². The van der Waals surface area contributed by atoms with E-state index in [0.717, 1.165) is 37.1 Å². The van der Waals surface area contributed by atoms with Crippen molar-refractivity contribution in [3.05, 3.63) is 29.8 Å². The minimum Gasteiger partial charge on any atom is -0.492 e. The van der Waals surface area contributed by atoms with Gasteiger partial charge in [-0.1, -0.05) is 25.1 Å². The molecule has 0 fully saturated rings. The molecule has 3 N–H and O–H groups in total. The number of benzene rings is 1. The smallest absolute Gasteiger partial charge is 0.226 e. The SMILES string of the molecule is CC(CN)CCCNC(=O)C1COc2ccccc2C1. The lowest BCUT2D eigenvalue weighted by Crippen LogP contribution is -2.37. The maximum absolute atomic E-state index is 12.1. The Morgan fingerprint density at radius 3 is 3.10 bits per heavy atom. The van der Waals surface area contributed by atoms with Crippen LogP contribution in [0.3, 0.4) is 0 Å². The maximum atomic E-state index is 12.1. The van der Waals surface area contributed by atoms with E-state index >= 15 is 0 Å². The van der Waals surface area contributed by atoms with Crippen LogP contribution in [0.4, 0.5) is 0 Å². The van der Waals surface area contributed by atoms with Crippen LogP contribution >= 0.6 is 0 Å². The number of nitrogens with one attached hydrogen (secondary N) is 1. The number of nitrogens with two attached hydrogens (primary N) is 1. The Kier molecular flexibility index (Phi) is 5.41. The van der Waals surface area contributed by atoms with Crippen LogP contribution < -0.4 is 15.8 Å². The van der Waals surface area contributed by atoms with Crippen molar-refractivity contribution in [2.45, 2.75) is 26.2 Å². The zero-order chi connectivity index (χ0) is 14.4. The molecule has 4 nitrogen and oxygen atoms in total. The second-order valence-electron chi connectivity index (χ2n) is 5.59. The van der Waals surface area contributed by atoms with Crippen LogP contribution in [0, 0.1) is 11.8 Å². The molecule has 2 rings (SSSR count). The molecule has 0 aromatic heterocycles. The van der Waals surface area contributed by atoms with Gasteiger partial charge in [-0.15, -0.1) is 0 Å². The minimum absolute atomic E-state index is 0.0724. The van der Waals surface area contributed by atoms with E-state index in [9.17, 15) is 4.79 Å². The van der Waals surface area contributed by atoms with E-state index in [2.05, 4.69) is 12.2 Å². The van der Waals surface area contributed by atoms with Crippen LogP contribution in [0.5, 0.6) is 5.75 Å². The molecule has 1 aromatic carbocycles. The molecule has 2 atom stereocenters. The van der Waals surface area contributed by atoms with Crippen molar-refractivity contribution in [1.29, 1.82) is 0 Å². The molecular formula is C16H24N2O2. The zero-order valence-corrected chi connectivity index (χ0v) is 12.1. The van der Waals surface area contributed by atoms with Crippen LogP contribution in [-0.2, 0) is 11.2 Å². The summed E-state index contributed by atoms with van der Waals surface area (Å²) in [5, 5.41) is 3.00. The van der Waals surface area contributed by atoms with Crippen molar-refractivity contribution in [2.75, 3.05) is 19.7 Å². The van der Waals surface area contributed by atoms with Crippen molar-refractivity contribution in [2.24, 2.45) is 17.6 Å². The predicted octanol–water partition coefficient (Wildman–Crippen LogP) is 1.73. The van der Waals surface area contributed by atoms with E-state index in [1.54, 1.807) is 0 Å². The van der Waals surface area contributed by atoms with Gasteiger partial charge in [0.05, 0.1) is 5.92 Å². The lowest BCUT2D eigenvalue weighted by Gasteiger charge is -2.24. The Balaban J connectivity index is 1.74. The summed E-state index contributed by atoms with van der Waals surface area (Å²) in [6.45, 7) is 4.04. The summed E-state index contributed by atoms with van der Waals surface area (Å²) in [6.07, 6.45) is 2.80. The Morgan fingerprint density at radius 1 is 1.50 bits per heavy atom. The molecule has 110 valence electrons. The highest BCUT2D eigenvalue weighted by Gasteiger charge is 2.25. The van der Waals surface area contributed by atoms with Gasteiger partial charge in [-0.25, -0.2) is 0 Å². The normalized spacial score (nSPS) is 18.8. The monoisotopic (exact) mass is 276 g/mol. The number of carbonyl (C=O) groups excluding carboxylic acids is 1. The average Bonchev–Trinajstić information content (AvgIpc) is 2.50. The van der Waals surface area contributed by atoms with E-state index in [1.807, 2.05) is 24.3 Å². The quantitative estimate of drug-likeness (QED) is 0.778. The van der Waals surface area contributed by atoms with Gasteiger partial charge in [-0.3, -0.25) is 4.79 Å². The van der Waals surface area contributed by atoms with Crippen LogP contribution in [-0.4, -0.2) is 25.6 Å². The third kappa shape index (κ3) is 3.97. The number of rotatable bonds is 6. The summed E-state index contributed by atoms with van der Waals surface area (Å²) >= 11 is 0. The molecule has 1 heterocycles. The van der Waals surface area contributed by atoms with Crippen LogP contribution in [0.15, 0.2) is 24.3 Å². The van der Waals surface area contributed by atoms with Crippen LogP contribution in [0.2, 0.25) is 0 Å². The fraction of sp³-hybridized carbons (Fsp3) is 0.562. The second kappa shape index (κ2) is 7.29. The summed E-state index contributed by atoms with van der Waals surface area (Å²) in [5.41, 5.74) is 6.69. The third-order valence-electron chi connectivity index (χ3n) is 3.83. The summed E-state index contributed by atoms with van der Waals surface area (Å²) < 4.78 is 5.64. The largest absolute Gasteiger partial charge is 0.492 e. The van der Waals surface area contributed by atoms with Crippen molar-refractivity contribution in [3.63, 3.8) is 0 Å². The third-order valence-corrected chi connectivity index (χ3v) is 3.83. The molecular weight excluding hydrogens is 252 g/mol. The Labute approximate surface area is 120 Å². The zero-order valence-electron chi connectivity index (χ0n) is 12.1. The van der Waals surface area contributed by atoms with Gasteiger partial charge < -0.3 is 15.8 Å². The maximum Gasteiger partial charge on any atom is 0.226 e. The molecule has 1 amide bonds. The molecule has 0 bridgehead atoms. The fourth-order valence-electron chi connectivity index (χ4n) is 2.42. The second-order valence-corrected chi connectivity index (χ2v) is 5.59. The summed E-state index contributed by atoms with van der Waals surface area (Å²) in [6, 6.07) is 7.92. The molecule has 0 saturated heterocycles. The molecule has 20 heavy (non-hydrogen) atoms. The van der Waals surface area contributed by atoms with Gasteiger partial charge in [0, 0.05) is 6.54 Å². The fourth-order valence-corrected chi connectivity index (χ4v) is 2.42. The average molecular weight is 276 g/mol. The number of ether oxygens (including phenoxy) is 1. The van der Waals surface area contributed by atoms with E-state index in [-0.39, 0.29) is 11.8 Å². The molecule has 0 radical (unpaired) electrons. The molecule has 0 spiro atoms. The standard InChI is InChI=1S/C16H24N2O2/c1-12(10-17)5-4-8-18-16(19)14-9-13-6-2-3-7-15(13)20-11-14/h2-3,6-7,12,14H,4-5,8-11,17H2,1H3,(H,18,19). The van der Waals surface area contributed by atoms with E-state index in [4.69, 9.17) is 10.5 Å². The molecule has 1 aromatic rings. The van der Waals surface area contributed by atoms with Gasteiger partial charge in [0.15, 0.2) is 0 Å². The number of hydrogen-bond acceptors (Lipinski definition) is 3. The number of carbonyl (C=O) groups is 1. The van der Waals surface area contributed by atoms with Gasteiger partial charge in [0.25, 0.3) is 0 Å². The lowest BCUT2D eigenvalue weighted by atomic mass is 9.96. The first-order valence-corrected chi connectivity index (χ1v) is 7.39. The summed E-state index contributed by atoms with van der Waals surface area (Å²) in [7, 11) is 0. The van der Waals surface area contributed by atoms with Gasteiger partial charge in [-0.2, -0.15) is 0 Å². The van der Waals surface area contributed by atoms with Gasteiger partial charge in [0.2, 0.25) is 5.91 Å². The van der Waals surface area contributed by atoms with Crippen molar-refractivity contribution in [3.8, 4) is 5.75 Å². The van der Waals surface area contributed by atoms with Gasteiger partial charge >= 0.3 is 0 Å². The Bertz CT molecular complexity index is 448. The Morgan fingerprint density at radius 2 is 2.30 bits per heavy atom. The highest BCUT2D eigenvalue weighted by atomic mass is 16.5. The first-order chi connectivity index (χ1) is 9.70. The van der Waals surface area contributed by atoms with E-state index in [1.165, 1.54) is 0 Å². The highest BCUT2D eigenvalue weighted by molar-refractivity contribution is 5.79.